The van der Waals surface area contributed by atoms with Crippen LogP contribution in [0.5, 0.6) is 0 Å². The molecule has 0 aromatic rings. The molecule has 64 valence electrons. The minimum Gasteiger partial charge on any atom is -0.870 e. The van der Waals surface area contributed by atoms with E-state index in [0.29, 0.717) is 0 Å². The molecular formula is C6H9KO5. The Morgan fingerprint density at radius 2 is 1.67 bits per heavy atom. The van der Waals surface area contributed by atoms with Gasteiger partial charge in [0.2, 0.25) is 0 Å². The van der Waals surface area contributed by atoms with Crippen molar-refractivity contribution in [3.05, 3.63) is 12.7 Å². The largest absolute Gasteiger partial charge is 1.00 e. The molecule has 0 aliphatic rings. The summed E-state index contributed by atoms with van der Waals surface area (Å²) < 4.78 is 0. The number of aliphatic carboxylic acids is 2. The van der Waals surface area contributed by atoms with Crippen LogP contribution in [0.25, 0.3) is 0 Å². The molecule has 0 rings (SSSR count). The van der Waals surface area contributed by atoms with Crippen molar-refractivity contribution < 1.29 is 76.7 Å². The molecule has 0 saturated heterocycles. The number of carboxylic acid groups (broad SMARTS) is 2. The van der Waals surface area contributed by atoms with Crippen molar-refractivity contribution in [3.8, 4) is 0 Å². The van der Waals surface area contributed by atoms with E-state index >= 15 is 0 Å². The van der Waals surface area contributed by atoms with Crippen molar-refractivity contribution in [2.75, 3.05) is 0 Å². The van der Waals surface area contributed by atoms with Gasteiger partial charge in [-0.05, 0) is 6.42 Å². The van der Waals surface area contributed by atoms with E-state index in [-0.39, 0.29) is 63.3 Å². The molecule has 5 nitrogen and oxygen atoms in total. The minimum atomic E-state index is -1.35. The summed E-state index contributed by atoms with van der Waals surface area (Å²) in [6, 6.07) is 0. The van der Waals surface area contributed by atoms with Crippen molar-refractivity contribution in [1.29, 1.82) is 0 Å². The van der Waals surface area contributed by atoms with Gasteiger partial charge in [0.25, 0.3) is 0 Å². The predicted molar refractivity (Wildman–Crippen MR) is 35.5 cm³/mol. The van der Waals surface area contributed by atoms with Crippen LogP contribution >= 0.6 is 0 Å². The average molecular weight is 200 g/mol. The molecule has 0 aromatic carbocycles. The SMILES string of the molecule is C=CCC(C(=O)O)C(=O)O.[K+].[OH-]. The first-order valence-electron chi connectivity index (χ1n) is 2.66. The van der Waals surface area contributed by atoms with Crippen LogP contribution in [0.3, 0.4) is 0 Å². The zero-order valence-electron chi connectivity index (χ0n) is 6.73. The molecule has 12 heavy (non-hydrogen) atoms. The molecule has 3 N–H and O–H groups in total. The van der Waals surface area contributed by atoms with Crippen LogP contribution in [0.4, 0.5) is 0 Å². The average Bonchev–Trinajstić information content (AvgIpc) is 1.81. The molecular weight excluding hydrogens is 191 g/mol. The van der Waals surface area contributed by atoms with Crippen molar-refractivity contribution in [2.45, 2.75) is 6.42 Å². The van der Waals surface area contributed by atoms with E-state index in [4.69, 9.17) is 10.2 Å². The molecule has 0 aromatic heterocycles. The fourth-order valence-corrected chi connectivity index (χ4v) is 0.474. The number of carboxylic acids is 2. The minimum absolute atomic E-state index is 0. The van der Waals surface area contributed by atoms with E-state index in [9.17, 15) is 9.59 Å². The van der Waals surface area contributed by atoms with Gasteiger partial charge in [-0.15, -0.1) is 6.58 Å². The van der Waals surface area contributed by atoms with Gasteiger partial charge >= 0.3 is 63.3 Å². The Labute approximate surface area is 112 Å². The van der Waals surface area contributed by atoms with Gasteiger partial charge in [-0.25, -0.2) is 0 Å². The molecule has 0 aliphatic heterocycles. The van der Waals surface area contributed by atoms with Crippen LogP contribution in [0.15, 0.2) is 12.7 Å². The van der Waals surface area contributed by atoms with Gasteiger partial charge in [-0.1, -0.05) is 6.08 Å². The maximum absolute atomic E-state index is 10.1. The van der Waals surface area contributed by atoms with Crippen molar-refractivity contribution in [3.63, 3.8) is 0 Å². The second-order valence-electron chi connectivity index (χ2n) is 1.75. The van der Waals surface area contributed by atoms with Gasteiger partial charge in [0.05, 0.1) is 0 Å². The summed E-state index contributed by atoms with van der Waals surface area (Å²) in [5.41, 5.74) is 0. The van der Waals surface area contributed by atoms with E-state index in [2.05, 4.69) is 6.58 Å². The molecule has 0 unspecified atom stereocenters. The number of hydrogen-bond acceptors (Lipinski definition) is 3. The number of hydrogen-bond donors (Lipinski definition) is 2. The predicted octanol–water partition coefficient (Wildman–Crippen LogP) is -2.82. The molecule has 0 radical (unpaired) electrons. The molecule has 0 fully saturated rings. The molecule has 0 atom stereocenters. The molecule has 0 bridgehead atoms. The Kier molecular flexibility index (Phi) is 14.2. The smallest absolute Gasteiger partial charge is 0.870 e. The fourth-order valence-electron chi connectivity index (χ4n) is 0.474. The van der Waals surface area contributed by atoms with Crippen LogP contribution in [-0.4, -0.2) is 27.6 Å². The van der Waals surface area contributed by atoms with Crippen molar-refractivity contribution in [2.24, 2.45) is 5.92 Å². The first-order valence-corrected chi connectivity index (χ1v) is 2.66. The summed E-state index contributed by atoms with van der Waals surface area (Å²) in [7, 11) is 0. The van der Waals surface area contributed by atoms with Gasteiger partial charge in [0.15, 0.2) is 5.92 Å². The summed E-state index contributed by atoms with van der Waals surface area (Å²) in [4.78, 5) is 20.2. The standard InChI is InChI=1S/C6H8O4.K.H2O/c1-2-3-4(5(7)8)6(9)10;;/h2,4H,1,3H2,(H,7,8)(H,9,10);;1H2/q;+1;/p-1. The van der Waals surface area contributed by atoms with E-state index in [1.165, 1.54) is 6.08 Å². The number of carbonyl (C=O) groups is 2. The van der Waals surface area contributed by atoms with Crippen LogP contribution in [0.2, 0.25) is 0 Å². The maximum atomic E-state index is 10.1. The third kappa shape index (κ3) is 6.95. The molecule has 6 heteroatoms. The van der Waals surface area contributed by atoms with E-state index in [1.807, 2.05) is 0 Å². The van der Waals surface area contributed by atoms with Crippen molar-refractivity contribution in [1.82, 2.24) is 0 Å². The van der Waals surface area contributed by atoms with Crippen molar-refractivity contribution >= 4 is 11.9 Å². The topological polar surface area (TPSA) is 105 Å². The zero-order valence-corrected chi connectivity index (χ0v) is 9.85. The fraction of sp³-hybridized carbons (Fsp3) is 0.333. The maximum Gasteiger partial charge on any atom is 1.00 e. The Hall–Kier alpha value is 0.276. The van der Waals surface area contributed by atoms with E-state index in [1.54, 1.807) is 0 Å². The Morgan fingerprint density at radius 1 is 1.33 bits per heavy atom. The van der Waals surface area contributed by atoms with Crippen LogP contribution in [0, 0.1) is 5.92 Å². The second kappa shape index (κ2) is 9.37. The van der Waals surface area contributed by atoms with Gasteiger partial charge in [-0.3, -0.25) is 9.59 Å². The first kappa shape index (κ1) is 18.1. The zero-order chi connectivity index (χ0) is 8.15. The Balaban J connectivity index is -0.000000405. The van der Waals surface area contributed by atoms with Gasteiger partial charge in [0.1, 0.15) is 0 Å². The van der Waals surface area contributed by atoms with Gasteiger partial charge < -0.3 is 15.7 Å². The monoisotopic (exact) mass is 200 g/mol. The first-order chi connectivity index (χ1) is 4.59. The van der Waals surface area contributed by atoms with E-state index in [0.717, 1.165) is 0 Å². The number of allylic oxidation sites excluding steroid dienone is 1. The summed E-state index contributed by atoms with van der Waals surface area (Å²) >= 11 is 0. The van der Waals surface area contributed by atoms with Gasteiger partial charge in [0, 0.05) is 0 Å². The number of rotatable bonds is 4. The molecule has 0 heterocycles. The Bertz CT molecular complexity index is 153. The molecule has 0 spiro atoms. The summed E-state index contributed by atoms with van der Waals surface area (Å²) in [6.45, 7) is 3.24. The van der Waals surface area contributed by atoms with Crippen LogP contribution in [0.1, 0.15) is 6.42 Å². The second-order valence-corrected chi connectivity index (χ2v) is 1.75. The Morgan fingerprint density at radius 3 is 1.75 bits per heavy atom. The summed E-state index contributed by atoms with van der Waals surface area (Å²) in [6.07, 6.45) is 1.23. The normalized spacial score (nSPS) is 7.75. The van der Waals surface area contributed by atoms with Gasteiger partial charge in [-0.2, -0.15) is 0 Å². The molecule has 0 amide bonds. The summed E-state index contributed by atoms with van der Waals surface area (Å²) in [5.74, 6) is -4.00. The summed E-state index contributed by atoms with van der Waals surface area (Å²) in [5, 5.41) is 16.5. The molecule has 0 aliphatic carbocycles. The molecule has 0 saturated carbocycles. The van der Waals surface area contributed by atoms with Crippen LogP contribution < -0.4 is 51.4 Å². The third-order valence-corrected chi connectivity index (χ3v) is 0.999. The van der Waals surface area contributed by atoms with E-state index < -0.39 is 17.9 Å². The third-order valence-electron chi connectivity index (χ3n) is 0.999. The quantitative estimate of drug-likeness (QED) is 0.289. The van der Waals surface area contributed by atoms with Crippen LogP contribution in [-0.2, 0) is 9.59 Å².